The molecule has 0 spiro atoms. The summed E-state index contributed by atoms with van der Waals surface area (Å²) in [7, 11) is -0.742. The summed E-state index contributed by atoms with van der Waals surface area (Å²) >= 11 is 1.39. The molecule has 0 saturated carbocycles. The predicted molar refractivity (Wildman–Crippen MR) is 171 cm³/mol. The summed E-state index contributed by atoms with van der Waals surface area (Å²) in [6, 6.07) is 5.67. The number of hydrogen-bond acceptors (Lipinski definition) is 9. The fraction of sp³-hybridized carbons (Fsp3) is 0.613. The number of fused-ring (bicyclic) bond motifs is 2. The molecule has 3 aromatic heterocycles. The van der Waals surface area contributed by atoms with Gasteiger partial charge in [-0.2, -0.15) is 12.7 Å². The van der Waals surface area contributed by atoms with E-state index in [1.807, 2.05) is 6.07 Å². The quantitative estimate of drug-likeness (QED) is 0.315. The van der Waals surface area contributed by atoms with Gasteiger partial charge in [0.25, 0.3) is 0 Å². The van der Waals surface area contributed by atoms with Crippen LogP contribution in [-0.2, 0) is 27.8 Å². The van der Waals surface area contributed by atoms with Crippen molar-refractivity contribution in [3.05, 3.63) is 46.2 Å². The summed E-state index contributed by atoms with van der Waals surface area (Å²) in [5.74, 6) is 0.746. The molecule has 10 nitrogen and oxygen atoms in total. The van der Waals surface area contributed by atoms with E-state index in [9.17, 15) is 13.2 Å². The number of carbonyl (C=O) groups is 1. The van der Waals surface area contributed by atoms with Gasteiger partial charge >= 0.3 is 10.2 Å². The van der Waals surface area contributed by atoms with Crippen molar-refractivity contribution in [3.8, 4) is 0 Å². The van der Waals surface area contributed by atoms with E-state index >= 15 is 0 Å². The van der Waals surface area contributed by atoms with Gasteiger partial charge < -0.3 is 9.64 Å². The number of aromatic nitrogens is 3. The Kier molecular flexibility index (Phi) is 9.82. The fourth-order valence-electron chi connectivity index (χ4n) is 5.86. The van der Waals surface area contributed by atoms with Crippen molar-refractivity contribution in [1.82, 2.24) is 24.2 Å². The molecule has 4 heterocycles. The molecule has 3 aromatic rings. The molecule has 1 aliphatic heterocycles. The van der Waals surface area contributed by atoms with Crippen molar-refractivity contribution in [2.24, 2.45) is 11.3 Å². The minimum Gasteiger partial charge on any atom is -0.380 e. The summed E-state index contributed by atoms with van der Waals surface area (Å²) < 4.78 is 33.7. The number of carbonyl (C=O) groups excluding carboxylic acids is 1. The van der Waals surface area contributed by atoms with Crippen molar-refractivity contribution in [3.63, 3.8) is 0 Å². The first-order valence-electron chi connectivity index (χ1n) is 15.2. The lowest BCUT2D eigenvalue weighted by molar-refractivity contribution is 0.0969. The Balaban J connectivity index is 1.35. The second kappa shape index (κ2) is 13.2. The highest BCUT2D eigenvalue weighted by atomic mass is 32.2. The van der Waals surface area contributed by atoms with Crippen LogP contribution in [0.15, 0.2) is 24.4 Å². The first-order valence-corrected chi connectivity index (χ1v) is 17.4. The van der Waals surface area contributed by atoms with Crippen LogP contribution < -0.4 is 4.72 Å². The van der Waals surface area contributed by atoms with Crippen LogP contribution in [0.1, 0.15) is 79.0 Å². The van der Waals surface area contributed by atoms with Crippen LogP contribution >= 0.6 is 11.3 Å². The van der Waals surface area contributed by atoms with E-state index in [0.29, 0.717) is 24.0 Å². The third-order valence-electron chi connectivity index (χ3n) is 8.72. The van der Waals surface area contributed by atoms with E-state index in [1.54, 1.807) is 12.3 Å². The van der Waals surface area contributed by atoms with Crippen molar-refractivity contribution in [1.29, 1.82) is 0 Å². The van der Waals surface area contributed by atoms with E-state index in [1.165, 1.54) is 31.0 Å². The Hall–Kier alpha value is -2.51. The highest BCUT2D eigenvalue weighted by Gasteiger charge is 2.30. The van der Waals surface area contributed by atoms with Gasteiger partial charge in [-0.3, -0.25) is 9.52 Å². The fourth-order valence-corrected chi connectivity index (χ4v) is 7.32. The summed E-state index contributed by atoms with van der Waals surface area (Å²) in [6.07, 6.45) is 6.82. The SMILES string of the molecule is CN(C)S(=O)(=O)Nc1ccc([C@@H](CCN2CCCOCC2)CC(=O)c2nc3cc4c(nc3s2)CC[C@H](C(C)(C)C)C4)cn1. The van der Waals surface area contributed by atoms with Gasteiger partial charge in [0.15, 0.2) is 10.8 Å². The Bertz CT molecular complexity index is 1520. The molecule has 0 bridgehead atoms. The second-order valence-corrected chi connectivity index (χ2v) is 15.9. The van der Waals surface area contributed by atoms with Crippen LogP contribution in [-0.4, -0.2) is 85.3 Å². The van der Waals surface area contributed by atoms with Crippen molar-refractivity contribution >= 4 is 43.5 Å². The van der Waals surface area contributed by atoms with Gasteiger partial charge in [0.2, 0.25) is 0 Å². The number of Topliss-reactive ketones (excluding diaryl/α,β-unsaturated/α-hetero) is 1. The first kappa shape index (κ1) is 31.9. The first-order chi connectivity index (χ1) is 20.4. The molecule has 0 amide bonds. The van der Waals surface area contributed by atoms with Gasteiger partial charge in [-0.15, -0.1) is 0 Å². The lowest BCUT2D eigenvalue weighted by Crippen LogP contribution is -2.29. The maximum Gasteiger partial charge on any atom is 0.302 e. The number of rotatable bonds is 10. The van der Waals surface area contributed by atoms with E-state index in [0.717, 1.165) is 84.3 Å². The van der Waals surface area contributed by atoms with Crippen molar-refractivity contribution in [2.75, 3.05) is 51.7 Å². The van der Waals surface area contributed by atoms with Crippen LogP contribution in [0.2, 0.25) is 0 Å². The molecule has 0 unspecified atom stereocenters. The van der Waals surface area contributed by atoms with Crippen LogP contribution in [0.4, 0.5) is 5.82 Å². The Morgan fingerprint density at radius 3 is 2.74 bits per heavy atom. The van der Waals surface area contributed by atoms with E-state index in [4.69, 9.17) is 14.7 Å². The smallest absolute Gasteiger partial charge is 0.302 e. The van der Waals surface area contributed by atoms with Gasteiger partial charge in [0.1, 0.15) is 16.2 Å². The average Bonchev–Trinajstić information content (AvgIpc) is 3.19. The van der Waals surface area contributed by atoms with Gasteiger partial charge in [-0.25, -0.2) is 15.0 Å². The molecule has 0 radical (unpaired) electrons. The maximum absolute atomic E-state index is 13.7. The number of anilines is 1. The number of ether oxygens (including phenoxy) is 1. The monoisotopic (exact) mass is 628 g/mol. The topological polar surface area (TPSA) is 118 Å². The third kappa shape index (κ3) is 7.96. The van der Waals surface area contributed by atoms with E-state index in [-0.39, 0.29) is 22.9 Å². The highest BCUT2D eigenvalue weighted by molar-refractivity contribution is 7.90. The number of nitrogens with zero attached hydrogens (tertiary/aromatic N) is 5. The van der Waals surface area contributed by atoms with Crippen LogP contribution in [0, 0.1) is 11.3 Å². The third-order valence-corrected chi connectivity index (χ3v) is 11.2. The molecule has 2 atom stereocenters. The van der Waals surface area contributed by atoms with E-state index < -0.39 is 10.2 Å². The molecule has 1 saturated heterocycles. The predicted octanol–water partition coefficient (Wildman–Crippen LogP) is 4.92. The molecule has 12 heteroatoms. The minimum atomic E-state index is -3.66. The summed E-state index contributed by atoms with van der Waals surface area (Å²) in [6.45, 7) is 11.1. The van der Waals surface area contributed by atoms with Crippen molar-refractivity contribution < 1.29 is 17.9 Å². The Morgan fingerprint density at radius 2 is 2.02 bits per heavy atom. The number of nitrogens with one attached hydrogen (secondary N) is 1. The molecule has 5 rings (SSSR count). The van der Waals surface area contributed by atoms with Crippen molar-refractivity contribution in [2.45, 2.75) is 65.2 Å². The molecule has 1 aliphatic carbocycles. The Labute approximate surface area is 259 Å². The maximum atomic E-state index is 13.7. The van der Waals surface area contributed by atoms with Gasteiger partial charge in [0, 0.05) is 52.1 Å². The number of ketones is 1. The molecule has 0 aromatic carbocycles. The standard InChI is InChI=1S/C31H44N6O4S2/c1-31(2,3)24-8-9-25-23(17-24)18-26-29(33-25)42-30(34-26)27(38)19-21(11-13-37-12-6-15-41-16-14-37)22-7-10-28(32-20-22)35-43(39,40)36(4)5/h7,10,18,20-21,24H,6,8-9,11-17,19H2,1-5H3,(H,32,35)/t21-,24-/m0/s1. The minimum absolute atomic E-state index is 0.00451. The van der Waals surface area contributed by atoms with Gasteiger partial charge in [-0.1, -0.05) is 38.2 Å². The number of aryl methyl sites for hydroxylation is 1. The van der Waals surface area contributed by atoms with E-state index in [2.05, 4.69) is 41.4 Å². The van der Waals surface area contributed by atoms with Crippen LogP contribution in [0.3, 0.4) is 0 Å². The largest absolute Gasteiger partial charge is 0.380 e. The summed E-state index contributed by atoms with van der Waals surface area (Å²) in [4.78, 5) is 31.0. The zero-order chi connectivity index (χ0) is 30.8. The Morgan fingerprint density at radius 1 is 1.21 bits per heavy atom. The number of hydrogen-bond donors (Lipinski definition) is 1. The molecule has 2 aliphatic rings. The average molecular weight is 629 g/mol. The summed E-state index contributed by atoms with van der Waals surface area (Å²) in [5.41, 5.74) is 4.36. The highest BCUT2D eigenvalue weighted by Crippen LogP contribution is 2.38. The van der Waals surface area contributed by atoms with Crippen LogP contribution in [0.5, 0.6) is 0 Å². The van der Waals surface area contributed by atoms with Gasteiger partial charge in [-0.05, 0) is 79.2 Å². The molecular formula is C31H44N6O4S2. The molecule has 43 heavy (non-hydrogen) atoms. The molecule has 1 N–H and O–H groups in total. The van der Waals surface area contributed by atoms with Crippen LogP contribution in [0.25, 0.3) is 10.3 Å². The zero-order valence-electron chi connectivity index (χ0n) is 25.9. The number of thiazole rings is 1. The normalized spacial score (nSPS) is 19.3. The lowest BCUT2D eigenvalue weighted by Gasteiger charge is -2.34. The zero-order valence-corrected chi connectivity index (χ0v) is 27.6. The van der Waals surface area contributed by atoms with Gasteiger partial charge in [0.05, 0.1) is 6.61 Å². The molecule has 234 valence electrons. The second-order valence-electron chi connectivity index (χ2n) is 13.0. The summed E-state index contributed by atoms with van der Waals surface area (Å²) in [5, 5.41) is 0.494. The molecular weight excluding hydrogens is 585 g/mol. The lowest BCUT2D eigenvalue weighted by atomic mass is 9.71. The molecule has 1 fully saturated rings. The number of pyridine rings is 2.